The Hall–Kier alpha value is -1.26. The molecule has 2 atom stereocenters. The molecule has 2 N–H and O–H groups in total. The van der Waals surface area contributed by atoms with Gasteiger partial charge >= 0.3 is 0 Å². The van der Waals surface area contributed by atoms with Crippen LogP contribution in [0.25, 0.3) is 0 Å². The summed E-state index contributed by atoms with van der Waals surface area (Å²) in [5.74, 6) is 1.26. The monoisotopic (exact) mass is 298 g/mol. The summed E-state index contributed by atoms with van der Waals surface area (Å²) in [6, 6.07) is 8.06. The van der Waals surface area contributed by atoms with E-state index in [0.717, 1.165) is 24.3 Å². The van der Waals surface area contributed by atoms with E-state index in [1.165, 1.54) is 0 Å². The van der Waals surface area contributed by atoms with Crippen LogP contribution in [-0.2, 0) is 4.79 Å². The first-order valence-electron chi connectivity index (χ1n) is 6.77. The van der Waals surface area contributed by atoms with E-state index in [9.17, 15) is 4.79 Å². The summed E-state index contributed by atoms with van der Waals surface area (Å²) in [6.45, 7) is 3.58. The molecule has 1 saturated heterocycles. The van der Waals surface area contributed by atoms with Crippen LogP contribution < -0.4 is 10.5 Å². The predicted octanol–water partition coefficient (Wildman–Crippen LogP) is 2.17. The van der Waals surface area contributed by atoms with E-state index in [1.54, 1.807) is 7.11 Å². The fourth-order valence-electron chi connectivity index (χ4n) is 2.46. The van der Waals surface area contributed by atoms with Crippen molar-refractivity contribution in [2.45, 2.75) is 31.7 Å². The summed E-state index contributed by atoms with van der Waals surface area (Å²) in [5, 5.41) is 0. The van der Waals surface area contributed by atoms with Gasteiger partial charge in [-0.25, -0.2) is 0 Å². The average Bonchev–Trinajstić information content (AvgIpc) is 2.85. The second kappa shape index (κ2) is 7.50. The van der Waals surface area contributed by atoms with E-state index < -0.39 is 0 Å². The maximum Gasteiger partial charge on any atom is 0.223 e. The minimum absolute atomic E-state index is 0. The third-order valence-corrected chi connectivity index (χ3v) is 3.74. The number of hydrogen-bond acceptors (Lipinski definition) is 3. The number of halogens is 1. The molecule has 1 aliphatic rings. The predicted molar refractivity (Wildman–Crippen MR) is 82.4 cm³/mol. The molecule has 0 aliphatic carbocycles. The zero-order valence-corrected chi connectivity index (χ0v) is 12.9. The van der Waals surface area contributed by atoms with Crippen LogP contribution in [0.15, 0.2) is 24.3 Å². The van der Waals surface area contributed by atoms with Crippen molar-refractivity contribution in [3.05, 3.63) is 29.8 Å². The van der Waals surface area contributed by atoms with Gasteiger partial charge in [0.25, 0.3) is 0 Å². The van der Waals surface area contributed by atoms with Crippen molar-refractivity contribution in [3.63, 3.8) is 0 Å². The van der Waals surface area contributed by atoms with Gasteiger partial charge < -0.3 is 15.4 Å². The molecule has 1 amide bonds. The fraction of sp³-hybridized carbons (Fsp3) is 0.533. The van der Waals surface area contributed by atoms with Gasteiger partial charge in [0, 0.05) is 25.6 Å². The SMILES string of the molecule is COc1ccc(C(C)CC(=O)N2CCC(N)C2)cc1.Cl. The molecule has 1 fully saturated rings. The van der Waals surface area contributed by atoms with E-state index in [-0.39, 0.29) is 30.3 Å². The maximum absolute atomic E-state index is 12.1. The molecule has 1 aliphatic heterocycles. The number of rotatable bonds is 4. The number of amides is 1. The summed E-state index contributed by atoms with van der Waals surface area (Å²) in [6.07, 6.45) is 1.46. The Kier molecular flexibility index (Phi) is 6.30. The highest BCUT2D eigenvalue weighted by Crippen LogP contribution is 2.23. The van der Waals surface area contributed by atoms with Gasteiger partial charge in [-0.15, -0.1) is 12.4 Å². The van der Waals surface area contributed by atoms with Crippen molar-refractivity contribution >= 4 is 18.3 Å². The van der Waals surface area contributed by atoms with Crippen molar-refractivity contribution in [3.8, 4) is 5.75 Å². The number of carbonyl (C=O) groups excluding carboxylic acids is 1. The van der Waals surface area contributed by atoms with Crippen LogP contribution in [0.3, 0.4) is 0 Å². The summed E-state index contributed by atoms with van der Waals surface area (Å²) in [7, 11) is 1.65. The van der Waals surface area contributed by atoms with Crippen LogP contribution in [0.2, 0.25) is 0 Å². The third-order valence-electron chi connectivity index (χ3n) is 3.74. The molecule has 0 spiro atoms. The van der Waals surface area contributed by atoms with E-state index in [0.29, 0.717) is 13.0 Å². The summed E-state index contributed by atoms with van der Waals surface area (Å²) < 4.78 is 5.13. The number of benzene rings is 1. The van der Waals surface area contributed by atoms with Gasteiger partial charge in [-0.1, -0.05) is 19.1 Å². The molecule has 0 saturated carbocycles. The van der Waals surface area contributed by atoms with E-state index >= 15 is 0 Å². The zero-order chi connectivity index (χ0) is 13.8. The first kappa shape index (κ1) is 16.8. The van der Waals surface area contributed by atoms with Gasteiger partial charge in [-0.3, -0.25) is 4.79 Å². The van der Waals surface area contributed by atoms with E-state index in [1.807, 2.05) is 29.2 Å². The van der Waals surface area contributed by atoms with E-state index in [4.69, 9.17) is 10.5 Å². The number of nitrogens with zero attached hydrogens (tertiary/aromatic N) is 1. The number of ether oxygens (including phenoxy) is 1. The highest BCUT2D eigenvalue weighted by atomic mass is 35.5. The molecular formula is C15H23ClN2O2. The lowest BCUT2D eigenvalue weighted by molar-refractivity contribution is -0.130. The van der Waals surface area contributed by atoms with Gasteiger partial charge in [-0.05, 0) is 30.0 Å². The lowest BCUT2D eigenvalue weighted by Crippen LogP contribution is -2.32. The molecule has 0 radical (unpaired) electrons. The lowest BCUT2D eigenvalue weighted by atomic mass is 9.97. The Labute approximate surface area is 126 Å². The van der Waals surface area contributed by atoms with Gasteiger partial charge in [0.1, 0.15) is 5.75 Å². The molecule has 1 heterocycles. The molecule has 5 heteroatoms. The van der Waals surface area contributed by atoms with Gasteiger partial charge in [0.2, 0.25) is 5.91 Å². The summed E-state index contributed by atoms with van der Waals surface area (Å²) in [4.78, 5) is 14.0. The van der Waals surface area contributed by atoms with Gasteiger partial charge in [-0.2, -0.15) is 0 Å². The summed E-state index contributed by atoms with van der Waals surface area (Å²) >= 11 is 0. The standard InChI is InChI=1S/C15H22N2O2.ClH/c1-11(12-3-5-14(19-2)6-4-12)9-15(18)17-8-7-13(16)10-17;/h3-6,11,13H,7-10,16H2,1-2H3;1H. The molecule has 20 heavy (non-hydrogen) atoms. The summed E-state index contributed by atoms with van der Waals surface area (Å²) in [5.41, 5.74) is 6.99. The van der Waals surface area contributed by atoms with Crippen LogP contribution >= 0.6 is 12.4 Å². The average molecular weight is 299 g/mol. The van der Waals surface area contributed by atoms with Crippen LogP contribution in [0.4, 0.5) is 0 Å². The van der Waals surface area contributed by atoms with E-state index in [2.05, 4.69) is 6.92 Å². The second-order valence-electron chi connectivity index (χ2n) is 5.27. The lowest BCUT2D eigenvalue weighted by Gasteiger charge is -2.19. The highest BCUT2D eigenvalue weighted by molar-refractivity contribution is 5.85. The van der Waals surface area contributed by atoms with Crippen LogP contribution in [0.5, 0.6) is 5.75 Å². The minimum Gasteiger partial charge on any atom is -0.497 e. The number of nitrogens with two attached hydrogens (primary N) is 1. The molecule has 4 nitrogen and oxygen atoms in total. The quantitative estimate of drug-likeness (QED) is 0.927. The molecule has 2 rings (SSSR count). The fourth-order valence-corrected chi connectivity index (χ4v) is 2.46. The van der Waals surface area contributed by atoms with Crippen molar-refractivity contribution in [2.24, 2.45) is 5.73 Å². The van der Waals surface area contributed by atoms with Crippen molar-refractivity contribution in [1.29, 1.82) is 0 Å². The topological polar surface area (TPSA) is 55.6 Å². The third kappa shape index (κ3) is 4.12. The zero-order valence-electron chi connectivity index (χ0n) is 12.0. The first-order valence-corrected chi connectivity index (χ1v) is 6.77. The van der Waals surface area contributed by atoms with Crippen molar-refractivity contribution in [2.75, 3.05) is 20.2 Å². The normalized spacial score (nSPS) is 19.4. The molecular weight excluding hydrogens is 276 g/mol. The number of hydrogen-bond donors (Lipinski definition) is 1. The Morgan fingerprint density at radius 3 is 2.60 bits per heavy atom. The molecule has 0 bridgehead atoms. The molecule has 1 aromatic rings. The molecule has 1 aromatic carbocycles. The second-order valence-corrected chi connectivity index (χ2v) is 5.27. The van der Waals surface area contributed by atoms with Crippen LogP contribution in [-0.4, -0.2) is 37.0 Å². The maximum atomic E-state index is 12.1. The Balaban J connectivity index is 0.00000200. The highest BCUT2D eigenvalue weighted by Gasteiger charge is 2.24. The molecule has 2 unspecified atom stereocenters. The van der Waals surface area contributed by atoms with Gasteiger partial charge in [0.05, 0.1) is 7.11 Å². The first-order chi connectivity index (χ1) is 9.10. The van der Waals surface area contributed by atoms with Gasteiger partial charge in [0.15, 0.2) is 0 Å². The Bertz CT molecular complexity index is 436. The Morgan fingerprint density at radius 1 is 1.45 bits per heavy atom. The van der Waals surface area contributed by atoms with Crippen LogP contribution in [0.1, 0.15) is 31.2 Å². The smallest absolute Gasteiger partial charge is 0.223 e. The number of methoxy groups -OCH3 is 1. The Morgan fingerprint density at radius 2 is 2.10 bits per heavy atom. The number of carbonyl (C=O) groups is 1. The minimum atomic E-state index is 0. The largest absolute Gasteiger partial charge is 0.497 e. The van der Waals surface area contributed by atoms with Crippen molar-refractivity contribution in [1.82, 2.24) is 4.90 Å². The molecule has 112 valence electrons. The molecule has 0 aromatic heterocycles. The number of likely N-dealkylation sites (tertiary alicyclic amines) is 1. The van der Waals surface area contributed by atoms with Crippen LogP contribution in [0, 0.1) is 0 Å². The van der Waals surface area contributed by atoms with Crippen molar-refractivity contribution < 1.29 is 9.53 Å².